The molecule has 0 radical (unpaired) electrons. The van der Waals surface area contributed by atoms with Crippen molar-refractivity contribution < 1.29 is 9.72 Å². The zero-order valence-corrected chi connectivity index (χ0v) is 22.1. The van der Waals surface area contributed by atoms with Crippen LogP contribution in [0.15, 0.2) is 57.5 Å². The van der Waals surface area contributed by atoms with Crippen molar-refractivity contribution in [3.05, 3.63) is 89.0 Å². The maximum atomic E-state index is 13.6. The van der Waals surface area contributed by atoms with Crippen LogP contribution in [0.5, 0.6) is 0 Å². The molecule has 4 aromatic rings. The van der Waals surface area contributed by atoms with Crippen LogP contribution in [-0.4, -0.2) is 32.3 Å². The van der Waals surface area contributed by atoms with Gasteiger partial charge in [-0.25, -0.2) is 10.4 Å². The molecule has 9 nitrogen and oxygen atoms in total. The maximum absolute atomic E-state index is 13.6. The number of aryl methyl sites for hydroxylation is 2. The number of halogens is 2. The molecule has 0 atom stereocenters. The van der Waals surface area contributed by atoms with E-state index in [1.54, 1.807) is 24.3 Å². The van der Waals surface area contributed by atoms with Crippen LogP contribution in [0, 0.1) is 10.1 Å². The van der Waals surface area contributed by atoms with Gasteiger partial charge in [0, 0.05) is 32.6 Å². The van der Waals surface area contributed by atoms with Gasteiger partial charge in [0.2, 0.25) is 0 Å². The first kappa shape index (κ1) is 25.4. The van der Waals surface area contributed by atoms with Crippen molar-refractivity contribution >= 4 is 74.3 Å². The third-order valence-corrected chi connectivity index (χ3v) is 8.43. The van der Waals surface area contributed by atoms with Crippen molar-refractivity contribution in [3.8, 4) is 5.69 Å². The summed E-state index contributed by atoms with van der Waals surface area (Å²) >= 11 is 14.7. The lowest BCUT2D eigenvalue weighted by molar-refractivity contribution is -0.384. The number of nitro groups is 1. The highest BCUT2D eigenvalue weighted by molar-refractivity contribution is 7.99. The number of nitrogens with zero attached hydrogens (tertiary/aromatic N) is 4. The third kappa shape index (κ3) is 5.26. The lowest BCUT2D eigenvalue weighted by atomic mass is 10.2. The van der Waals surface area contributed by atoms with E-state index < -0.39 is 10.8 Å². The summed E-state index contributed by atoms with van der Waals surface area (Å²) in [5, 5.41) is 16.6. The number of fused-ring (bicyclic) bond motifs is 3. The van der Waals surface area contributed by atoms with E-state index in [1.807, 2.05) is 0 Å². The molecule has 0 unspecified atom stereocenters. The highest BCUT2D eigenvalue weighted by Crippen LogP contribution is 2.36. The molecule has 1 N–H and O–H groups in total. The highest BCUT2D eigenvalue weighted by atomic mass is 35.5. The second-order valence-electron chi connectivity index (χ2n) is 8.09. The zero-order valence-electron chi connectivity index (χ0n) is 18.9. The fourth-order valence-electron chi connectivity index (χ4n) is 4.02. The molecule has 2 aromatic carbocycles. The first-order chi connectivity index (χ1) is 17.8. The molecule has 2 heterocycles. The average molecular weight is 574 g/mol. The number of hydrazone groups is 1. The molecule has 1 aliphatic rings. The van der Waals surface area contributed by atoms with E-state index in [4.69, 9.17) is 28.2 Å². The van der Waals surface area contributed by atoms with E-state index in [1.165, 1.54) is 45.2 Å². The second kappa shape index (κ2) is 10.6. The SMILES string of the molecule is O=C(CSc1nc2sc3c(c2c(=O)n1-c1ccc(Cl)cc1)CCC3)NN=Cc1cc([N+](=O)[O-])ccc1Cl. The summed E-state index contributed by atoms with van der Waals surface area (Å²) in [5.41, 5.74) is 4.02. The maximum Gasteiger partial charge on any atom is 0.270 e. The Labute approximate surface area is 228 Å². The second-order valence-corrected chi connectivity index (χ2v) is 11.0. The number of rotatable bonds is 7. The minimum absolute atomic E-state index is 0.0728. The van der Waals surface area contributed by atoms with Crippen LogP contribution in [0.25, 0.3) is 15.9 Å². The normalized spacial score (nSPS) is 12.8. The number of nitrogens with one attached hydrogen (secondary N) is 1. The van der Waals surface area contributed by atoms with Gasteiger partial charge in [-0.15, -0.1) is 11.3 Å². The van der Waals surface area contributed by atoms with Crippen molar-refractivity contribution in [2.45, 2.75) is 24.4 Å². The predicted octanol–water partition coefficient (Wildman–Crippen LogP) is 5.39. The number of hydrogen-bond acceptors (Lipinski definition) is 8. The van der Waals surface area contributed by atoms with E-state index in [9.17, 15) is 19.7 Å². The molecule has 0 spiro atoms. The van der Waals surface area contributed by atoms with E-state index in [-0.39, 0.29) is 22.0 Å². The predicted molar refractivity (Wildman–Crippen MR) is 147 cm³/mol. The molecule has 2 aromatic heterocycles. The van der Waals surface area contributed by atoms with E-state index >= 15 is 0 Å². The minimum atomic E-state index is -0.546. The average Bonchev–Trinajstić information content (AvgIpc) is 3.46. The third-order valence-electron chi connectivity index (χ3n) is 5.71. The molecule has 0 aliphatic heterocycles. The molecule has 188 valence electrons. The van der Waals surface area contributed by atoms with Crippen LogP contribution < -0.4 is 11.0 Å². The number of carbonyl (C=O) groups is 1. The quantitative estimate of drug-likeness (QED) is 0.104. The van der Waals surface area contributed by atoms with E-state index in [2.05, 4.69) is 10.5 Å². The number of aromatic nitrogens is 2. The molecule has 0 saturated heterocycles. The van der Waals surface area contributed by atoms with Gasteiger partial charge in [0.1, 0.15) is 4.83 Å². The highest BCUT2D eigenvalue weighted by Gasteiger charge is 2.24. The van der Waals surface area contributed by atoms with Crippen molar-refractivity contribution in [3.63, 3.8) is 0 Å². The number of non-ortho nitro benzene ring substituents is 1. The zero-order chi connectivity index (χ0) is 26.1. The largest absolute Gasteiger partial charge is 0.272 e. The van der Waals surface area contributed by atoms with Gasteiger partial charge in [-0.2, -0.15) is 5.10 Å². The first-order valence-electron chi connectivity index (χ1n) is 11.0. The summed E-state index contributed by atoms with van der Waals surface area (Å²) in [6, 6.07) is 10.8. The Kier molecular flexibility index (Phi) is 7.29. The van der Waals surface area contributed by atoms with Crippen LogP contribution in [0.3, 0.4) is 0 Å². The topological polar surface area (TPSA) is 119 Å². The number of nitro benzene ring substituents is 1. The number of amides is 1. The summed E-state index contributed by atoms with van der Waals surface area (Å²) in [4.78, 5) is 43.2. The Hall–Kier alpha value is -3.25. The lowest BCUT2D eigenvalue weighted by Gasteiger charge is -2.12. The summed E-state index contributed by atoms with van der Waals surface area (Å²) in [6.07, 6.45) is 4.05. The van der Waals surface area contributed by atoms with Gasteiger partial charge in [-0.1, -0.05) is 35.0 Å². The summed E-state index contributed by atoms with van der Waals surface area (Å²) < 4.78 is 1.51. The summed E-state index contributed by atoms with van der Waals surface area (Å²) in [6.45, 7) is 0. The van der Waals surface area contributed by atoms with Gasteiger partial charge >= 0.3 is 0 Å². The fraction of sp³-hybridized carbons (Fsp3) is 0.167. The molecular weight excluding hydrogens is 557 g/mol. The van der Waals surface area contributed by atoms with Gasteiger partial charge < -0.3 is 0 Å². The van der Waals surface area contributed by atoms with Crippen molar-refractivity contribution in [1.82, 2.24) is 15.0 Å². The van der Waals surface area contributed by atoms with Gasteiger partial charge in [0.15, 0.2) is 5.16 Å². The van der Waals surface area contributed by atoms with Crippen molar-refractivity contribution in [1.29, 1.82) is 0 Å². The Balaban J connectivity index is 1.39. The van der Waals surface area contributed by atoms with E-state index in [0.717, 1.165) is 36.6 Å². The van der Waals surface area contributed by atoms with Crippen LogP contribution >= 0.6 is 46.3 Å². The monoisotopic (exact) mass is 573 g/mol. The Morgan fingerprint density at radius 1 is 1.24 bits per heavy atom. The van der Waals surface area contributed by atoms with Gasteiger partial charge in [0.05, 0.1) is 28.0 Å². The Morgan fingerprint density at radius 2 is 2.03 bits per heavy atom. The number of thiophene rings is 1. The van der Waals surface area contributed by atoms with E-state index in [0.29, 0.717) is 31.6 Å². The molecule has 13 heteroatoms. The molecular formula is C24H17Cl2N5O4S2. The van der Waals surface area contributed by atoms with Crippen LogP contribution in [0.1, 0.15) is 22.4 Å². The van der Waals surface area contributed by atoms with Gasteiger partial charge in [0.25, 0.3) is 17.2 Å². The number of carbonyl (C=O) groups excluding carboxylic acids is 1. The lowest BCUT2D eigenvalue weighted by Crippen LogP contribution is -2.24. The number of benzene rings is 2. The Morgan fingerprint density at radius 3 is 2.78 bits per heavy atom. The van der Waals surface area contributed by atoms with Crippen LogP contribution in [0.4, 0.5) is 5.69 Å². The fourth-order valence-corrected chi connectivity index (χ4v) is 6.42. The molecule has 0 fully saturated rings. The molecule has 1 aliphatic carbocycles. The van der Waals surface area contributed by atoms with Crippen LogP contribution in [-0.2, 0) is 17.6 Å². The van der Waals surface area contributed by atoms with Crippen LogP contribution in [0.2, 0.25) is 10.0 Å². The number of hydrogen-bond donors (Lipinski definition) is 1. The Bertz CT molecular complexity index is 1630. The molecule has 1 amide bonds. The van der Waals surface area contributed by atoms with Gasteiger partial charge in [-0.05, 0) is 55.2 Å². The first-order valence-corrected chi connectivity index (χ1v) is 13.6. The summed E-state index contributed by atoms with van der Waals surface area (Å²) in [7, 11) is 0. The molecule has 5 rings (SSSR count). The molecule has 0 bridgehead atoms. The minimum Gasteiger partial charge on any atom is -0.272 e. The standard InChI is InChI=1S/C24H17Cl2N5O4S2/c25-14-4-6-15(7-5-14)30-23(33)21-17-2-1-3-19(17)37-22(21)28-24(30)36-12-20(32)29-27-11-13-10-16(31(34)35)8-9-18(13)26/h4-11H,1-3,12H2,(H,29,32). The molecule has 37 heavy (non-hydrogen) atoms. The molecule has 0 saturated carbocycles. The van der Waals surface area contributed by atoms with Crippen molar-refractivity contribution in [2.24, 2.45) is 5.10 Å². The van der Waals surface area contributed by atoms with Gasteiger partial charge in [-0.3, -0.25) is 24.3 Å². The summed E-state index contributed by atoms with van der Waals surface area (Å²) in [5.74, 6) is -0.523. The smallest absolute Gasteiger partial charge is 0.270 e. The van der Waals surface area contributed by atoms with Crippen molar-refractivity contribution in [2.75, 3.05) is 5.75 Å². The number of thioether (sulfide) groups is 1.